The highest BCUT2D eigenvalue weighted by molar-refractivity contribution is 5.87. The van der Waals surface area contributed by atoms with E-state index in [2.05, 4.69) is 11.8 Å². The Morgan fingerprint density at radius 3 is 2.50 bits per heavy atom. The van der Waals surface area contributed by atoms with E-state index in [0.29, 0.717) is 12.1 Å². The molecule has 1 atom stereocenters. The van der Waals surface area contributed by atoms with Gasteiger partial charge in [-0.3, -0.25) is 4.79 Å². The number of aryl methyl sites for hydroxylation is 1. The average molecular weight is 305 g/mol. The van der Waals surface area contributed by atoms with Crippen LogP contribution in [-0.4, -0.2) is 30.3 Å². The molecule has 0 bridgehead atoms. The molecule has 1 aromatic carbocycles. The molecule has 0 aliphatic carbocycles. The van der Waals surface area contributed by atoms with Crippen LogP contribution in [0.15, 0.2) is 18.2 Å². The summed E-state index contributed by atoms with van der Waals surface area (Å²) in [7, 11) is 0. The van der Waals surface area contributed by atoms with Crippen LogP contribution in [0.25, 0.3) is 0 Å². The largest absolute Gasteiger partial charge is 0.302 e. The van der Waals surface area contributed by atoms with Crippen molar-refractivity contribution in [2.75, 3.05) is 19.6 Å². The van der Waals surface area contributed by atoms with Crippen molar-refractivity contribution >= 4 is 5.78 Å². The Labute approximate surface area is 133 Å². The lowest BCUT2D eigenvalue weighted by Crippen LogP contribution is -2.38. The number of hydrogen-bond acceptors (Lipinski definition) is 2. The summed E-state index contributed by atoms with van der Waals surface area (Å²) in [6.45, 7) is 10.7. The van der Waals surface area contributed by atoms with E-state index in [0.717, 1.165) is 24.6 Å². The molecule has 122 valence electrons. The number of carbonyl (C=O) groups is 1. The molecule has 0 aromatic heterocycles. The predicted octanol–water partition coefficient (Wildman–Crippen LogP) is 4.17. The van der Waals surface area contributed by atoms with E-state index in [9.17, 15) is 9.18 Å². The molecule has 22 heavy (non-hydrogen) atoms. The number of Topliss-reactive ketones (excluding diaryl/α,β-unsaturated/α-hetero) is 1. The quantitative estimate of drug-likeness (QED) is 0.813. The van der Waals surface area contributed by atoms with Gasteiger partial charge >= 0.3 is 0 Å². The standard InChI is InChI=1S/C19H28FNO/c1-13(2)19(22)17(12-21-9-7-14(3)8-10-21)16-6-5-15(4)18(20)11-16/h5-6,11,13-14,17H,7-10,12H2,1-4H3/t17-/m1/s1. The minimum Gasteiger partial charge on any atom is -0.302 e. The molecule has 1 heterocycles. The Balaban J connectivity index is 2.19. The highest BCUT2D eigenvalue weighted by Gasteiger charge is 2.27. The van der Waals surface area contributed by atoms with E-state index < -0.39 is 0 Å². The van der Waals surface area contributed by atoms with Gasteiger partial charge in [-0.15, -0.1) is 0 Å². The maximum atomic E-state index is 13.9. The Morgan fingerprint density at radius 1 is 1.32 bits per heavy atom. The first-order valence-electron chi connectivity index (χ1n) is 8.40. The number of halogens is 1. The lowest BCUT2D eigenvalue weighted by molar-refractivity contribution is -0.123. The first-order chi connectivity index (χ1) is 10.4. The molecule has 1 fully saturated rings. The Hall–Kier alpha value is -1.22. The van der Waals surface area contributed by atoms with Gasteiger partial charge in [0.25, 0.3) is 0 Å². The second-order valence-corrected chi connectivity index (χ2v) is 7.10. The molecule has 0 radical (unpaired) electrons. The van der Waals surface area contributed by atoms with E-state index in [1.165, 1.54) is 12.8 Å². The third-order valence-electron chi connectivity index (χ3n) is 4.83. The fraction of sp³-hybridized carbons (Fsp3) is 0.632. The highest BCUT2D eigenvalue weighted by Crippen LogP contribution is 2.26. The zero-order valence-corrected chi connectivity index (χ0v) is 14.2. The van der Waals surface area contributed by atoms with Crippen molar-refractivity contribution in [2.24, 2.45) is 11.8 Å². The van der Waals surface area contributed by atoms with Gasteiger partial charge in [-0.1, -0.05) is 32.9 Å². The molecule has 1 aromatic rings. The summed E-state index contributed by atoms with van der Waals surface area (Å²) in [6, 6.07) is 5.24. The van der Waals surface area contributed by atoms with Crippen LogP contribution >= 0.6 is 0 Å². The molecule has 0 spiro atoms. The monoisotopic (exact) mass is 305 g/mol. The molecule has 1 aliphatic rings. The Kier molecular flexibility index (Phi) is 5.74. The first-order valence-corrected chi connectivity index (χ1v) is 8.40. The van der Waals surface area contributed by atoms with Crippen molar-refractivity contribution in [3.05, 3.63) is 35.1 Å². The summed E-state index contributed by atoms with van der Waals surface area (Å²) in [5.74, 6) is 0.516. The van der Waals surface area contributed by atoms with Crippen LogP contribution in [0, 0.1) is 24.6 Å². The number of piperidine rings is 1. The van der Waals surface area contributed by atoms with Crippen LogP contribution in [0.5, 0.6) is 0 Å². The molecule has 0 unspecified atom stereocenters. The van der Waals surface area contributed by atoms with E-state index >= 15 is 0 Å². The van der Waals surface area contributed by atoms with Crippen LogP contribution in [-0.2, 0) is 4.79 Å². The zero-order valence-electron chi connectivity index (χ0n) is 14.2. The van der Waals surface area contributed by atoms with Crippen LogP contribution in [0.3, 0.4) is 0 Å². The van der Waals surface area contributed by atoms with E-state index in [4.69, 9.17) is 0 Å². The van der Waals surface area contributed by atoms with Crippen LogP contribution < -0.4 is 0 Å². The van der Waals surface area contributed by atoms with Gasteiger partial charge in [0.05, 0.1) is 5.92 Å². The average Bonchev–Trinajstić information content (AvgIpc) is 2.49. The van der Waals surface area contributed by atoms with Gasteiger partial charge in [-0.2, -0.15) is 0 Å². The van der Waals surface area contributed by atoms with Gasteiger partial charge < -0.3 is 4.90 Å². The fourth-order valence-corrected chi connectivity index (χ4v) is 3.09. The molecule has 0 N–H and O–H groups in total. The minimum absolute atomic E-state index is 0.0296. The van der Waals surface area contributed by atoms with Gasteiger partial charge in [0.2, 0.25) is 0 Å². The van der Waals surface area contributed by atoms with Crippen LogP contribution in [0.2, 0.25) is 0 Å². The van der Waals surface area contributed by atoms with Gasteiger partial charge in [0.15, 0.2) is 0 Å². The summed E-state index contributed by atoms with van der Waals surface area (Å²) in [4.78, 5) is 15.0. The normalized spacial score (nSPS) is 18.6. The van der Waals surface area contributed by atoms with Crippen LogP contribution in [0.4, 0.5) is 4.39 Å². The van der Waals surface area contributed by atoms with Crippen LogP contribution in [0.1, 0.15) is 50.7 Å². The molecular weight excluding hydrogens is 277 g/mol. The number of hydrogen-bond donors (Lipinski definition) is 0. The van der Waals surface area contributed by atoms with Crippen molar-refractivity contribution in [3.63, 3.8) is 0 Å². The van der Waals surface area contributed by atoms with Gasteiger partial charge in [0, 0.05) is 12.5 Å². The second-order valence-electron chi connectivity index (χ2n) is 7.10. The van der Waals surface area contributed by atoms with Crippen molar-refractivity contribution < 1.29 is 9.18 Å². The van der Waals surface area contributed by atoms with E-state index in [1.54, 1.807) is 19.1 Å². The fourth-order valence-electron chi connectivity index (χ4n) is 3.09. The first kappa shape index (κ1) is 17.1. The summed E-state index contributed by atoms with van der Waals surface area (Å²) in [5.41, 5.74) is 1.45. The number of rotatable bonds is 5. The predicted molar refractivity (Wildman–Crippen MR) is 88.6 cm³/mol. The number of carbonyl (C=O) groups excluding carboxylic acids is 1. The molecule has 0 saturated carbocycles. The summed E-state index contributed by atoms with van der Waals surface area (Å²) in [5, 5.41) is 0. The maximum absolute atomic E-state index is 13.9. The van der Waals surface area contributed by atoms with E-state index in [-0.39, 0.29) is 23.4 Å². The number of likely N-dealkylation sites (tertiary alicyclic amines) is 1. The van der Waals surface area contributed by atoms with Gasteiger partial charge in [0.1, 0.15) is 11.6 Å². The molecule has 3 heteroatoms. The minimum atomic E-state index is -0.219. The zero-order chi connectivity index (χ0) is 16.3. The molecule has 1 saturated heterocycles. The molecule has 2 nitrogen and oxygen atoms in total. The van der Waals surface area contributed by atoms with Crippen molar-refractivity contribution in [3.8, 4) is 0 Å². The van der Waals surface area contributed by atoms with Gasteiger partial charge in [-0.25, -0.2) is 4.39 Å². The number of benzene rings is 1. The second kappa shape index (κ2) is 7.36. The van der Waals surface area contributed by atoms with Crippen molar-refractivity contribution in [2.45, 2.75) is 46.5 Å². The molecule has 0 amide bonds. The Morgan fingerprint density at radius 2 is 1.95 bits per heavy atom. The lowest BCUT2D eigenvalue weighted by atomic mass is 9.87. The van der Waals surface area contributed by atoms with Crippen molar-refractivity contribution in [1.82, 2.24) is 4.90 Å². The lowest BCUT2D eigenvalue weighted by Gasteiger charge is -2.33. The summed E-state index contributed by atoms with van der Waals surface area (Å²) >= 11 is 0. The third kappa shape index (κ3) is 4.16. The third-order valence-corrected chi connectivity index (χ3v) is 4.83. The molecule has 2 rings (SSSR count). The summed E-state index contributed by atoms with van der Waals surface area (Å²) in [6.07, 6.45) is 2.37. The van der Waals surface area contributed by atoms with Gasteiger partial charge in [-0.05, 0) is 56.0 Å². The highest BCUT2D eigenvalue weighted by atomic mass is 19.1. The SMILES string of the molecule is Cc1ccc([C@@H](CN2CCC(C)CC2)C(=O)C(C)C)cc1F. The maximum Gasteiger partial charge on any atom is 0.144 e. The smallest absolute Gasteiger partial charge is 0.144 e. The van der Waals surface area contributed by atoms with E-state index in [1.807, 2.05) is 19.9 Å². The van der Waals surface area contributed by atoms with Crippen molar-refractivity contribution in [1.29, 1.82) is 0 Å². The molecular formula is C19H28FNO. The Bertz CT molecular complexity index is 518. The number of nitrogens with zero attached hydrogens (tertiary/aromatic N) is 1. The molecule has 1 aliphatic heterocycles. The summed E-state index contributed by atoms with van der Waals surface area (Å²) < 4.78 is 13.9. The number of ketones is 1. The topological polar surface area (TPSA) is 20.3 Å².